The number of pyridine rings is 1. The smallest absolute Gasteiger partial charge is 0.301 e. The first-order valence-corrected chi connectivity index (χ1v) is 27.2. The van der Waals surface area contributed by atoms with E-state index in [4.69, 9.17) is 9.47 Å². The van der Waals surface area contributed by atoms with Gasteiger partial charge in [0.05, 0.1) is 64.8 Å². The Morgan fingerprint density at radius 3 is 2.38 bits per heavy atom. The number of rotatable bonds is 20. The lowest BCUT2D eigenvalue weighted by molar-refractivity contribution is -0.136. The molecule has 5 atom stereocenters. The van der Waals surface area contributed by atoms with Gasteiger partial charge in [0, 0.05) is 68.2 Å². The first kappa shape index (κ1) is 54.5. The second-order valence-corrected chi connectivity index (χ2v) is 23.0. The standard InChI is InChI=1S/C53H60F3N9O9S2/c1-30-48(75-29-60-30)33-7-5-31(6-8-33)21-59-51(69)43-20-36(66)25-65(43)52(70)49(53(2,3)4)61-44(67)28-63-26-38(27-63)74-18-17-73-37-11-9-32(10-12-37)34-19-39-40(23-58-50(39)57-22-34)47(68)45-41(55)13-14-42(46(45)56)62-76(71,72)64-16-15-35(54)24-64/h5-14,19,22-23,29,35-36,38,43,49,52,62,66,70H,15-18,20-21,24-28H2,1-4H3,(H,57,58)(H,59,69)(H,61,67)/t35-,36-,43+,49-,52?/m1/s1. The lowest BCUT2D eigenvalue weighted by Crippen LogP contribution is -2.62. The normalized spacial score (nSPS) is 19.6. The summed E-state index contributed by atoms with van der Waals surface area (Å²) in [6.07, 6.45) is -0.621. The Kier molecular flexibility index (Phi) is 16.3. The molecule has 3 fully saturated rings. The number of β-amino-alcohol motifs (C(OH)–C–C–N with tert-alkyl or cyclic N) is 1. The molecular formula is C53H60F3N9O9S2. The number of nitrogens with zero attached hydrogens (tertiary/aromatic N) is 5. The van der Waals surface area contributed by atoms with E-state index in [1.807, 2.05) is 67.1 Å². The van der Waals surface area contributed by atoms with Crippen LogP contribution in [0.1, 0.15) is 60.8 Å². The molecule has 23 heteroatoms. The predicted octanol–water partition coefficient (Wildman–Crippen LogP) is 5.55. The lowest BCUT2D eigenvalue weighted by atomic mass is 9.84. The fourth-order valence-electron chi connectivity index (χ4n) is 9.71. The molecule has 3 aliphatic rings. The van der Waals surface area contributed by atoms with Crippen molar-refractivity contribution in [3.05, 3.63) is 119 Å². The summed E-state index contributed by atoms with van der Waals surface area (Å²) in [5.41, 5.74) is 3.92. The number of aliphatic hydroxyl groups excluding tert-OH is 2. The van der Waals surface area contributed by atoms with Gasteiger partial charge in [-0.05, 0) is 72.2 Å². The molecule has 1 unspecified atom stereocenters. The Morgan fingerprint density at radius 2 is 1.70 bits per heavy atom. The van der Waals surface area contributed by atoms with Crippen molar-refractivity contribution in [3.63, 3.8) is 0 Å². The molecule has 2 amide bonds. The highest BCUT2D eigenvalue weighted by molar-refractivity contribution is 7.90. The Hall–Kier alpha value is -6.31. The van der Waals surface area contributed by atoms with Crippen LogP contribution in [0.15, 0.2) is 84.6 Å². The van der Waals surface area contributed by atoms with E-state index in [2.05, 4.69) is 25.6 Å². The monoisotopic (exact) mass is 1090 g/mol. The number of aliphatic hydroxyl groups is 2. The molecular weight excluding hydrogens is 1030 g/mol. The summed E-state index contributed by atoms with van der Waals surface area (Å²) < 4.78 is 84.9. The zero-order valence-electron chi connectivity index (χ0n) is 42.3. The molecule has 18 nitrogen and oxygen atoms in total. The van der Waals surface area contributed by atoms with Crippen LogP contribution in [-0.4, -0.2) is 154 Å². The Balaban J connectivity index is 0.721. The number of nitrogens with one attached hydrogen (secondary N) is 4. The van der Waals surface area contributed by atoms with Gasteiger partial charge in [-0.25, -0.2) is 23.1 Å². The molecule has 0 aliphatic carbocycles. The SMILES string of the molecule is Cc1ncsc1-c1ccc(CNC(=O)[C@@H]2C[C@@H](O)CN2C(O)[C@@H](NC(=O)CN2CC(OCCOc3ccc(-c4cnc5[nH]cc(C(=O)c6c(F)ccc(NS(=O)(=O)N7CC[C@@H](F)C7)c6F)c5c4)cc3)C2)C(C)(C)C)cc1. The number of aryl methyl sites for hydroxylation is 1. The van der Waals surface area contributed by atoms with Crippen molar-refractivity contribution in [2.45, 2.75) is 83.8 Å². The average molecular weight is 1090 g/mol. The highest BCUT2D eigenvalue weighted by Crippen LogP contribution is 2.33. The van der Waals surface area contributed by atoms with Crippen LogP contribution in [0.3, 0.4) is 0 Å². The second kappa shape index (κ2) is 22.7. The number of carbonyl (C=O) groups excluding carboxylic acids is 3. The van der Waals surface area contributed by atoms with E-state index in [1.165, 1.54) is 6.20 Å². The number of alkyl halides is 1. The number of likely N-dealkylation sites (tertiary alicyclic amines) is 2. The molecule has 3 saturated heterocycles. The fourth-order valence-corrected chi connectivity index (χ4v) is 11.8. The van der Waals surface area contributed by atoms with Crippen molar-refractivity contribution in [2.24, 2.45) is 5.41 Å². The number of carbonyl (C=O) groups is 3. The second-order valence-electron chi connectivity index (χ2n) is 20.5. The van der Waals surface area contributed by atoms with Crippen molar-refractivity contribution in [3.8, 4) is 27.3 Å². The van der Waals surface area contributed by atoms with Gasteiger partial charge >= 0.3 is 10.2 Å². The lowest BCUT2D eigenvalue weighted by Gasteiger charge is -2.42. The zero-order chi connectivity index (χ0) is 54.1. The molecule has 6 N–H and O–H groups in total. The van der Waals surface area contributed by atoms with Crippen LogP contribution in [0.5, 0.6) is 5.75 Å². The molecule has 3 aliphatic heterocycles. The maximum atomic E-state index is 15.7. The highest BCUT2D eigenvalue weighted by Gasteiger charge is 2.45. The van der Waals surface area contributed by atoms with Gasteiger partial charge < -0.3 is 35.3 Å². The molecule has 0 saturated carbocycles. The van der Waals surface area contributed by atoms with Crippen LogP contribution in [-0.2, 0) is 31.1 Å². The predicted molar refractivity (Wildman–Crippen MR) is 279 cm³/mol. The van der Waals surface area contributed by atoms with Gasteiger partial charge in [-0.2, -0.15) is 12.7 Å². The summed E-state index contributed by atoms with van der Waals surface area (Å²) >= 11 is 1.57. The van der Waals surface area contributed by atoms with Crippen LogP contribution >= 0.6 is 11.3 Å². The van der Waals surface area contributed by atoms with Crippen molar-refractivity contribution in [2.75, 3.05) is 57.2 Å². The van der Waals surface area contributed by atoms with Gasteiger partial charge in [-0.1, -0.05) is 57.2 Å². The number of ketones is 1. The number of hydrogen-bond acceptors (Lipinski definition) is 14. The first-order chi connectivity index (χ1) is 36.2. The fraction of sp³-hybridized carbons (Fsp3) is 0.415. The van der Waals surface area contributed by atoms with Gasteiger partial charge in [-0.3, -0.25) is 28.9 Å². The topological polar surface area (TPSA) is 232 Å². The molecule has 76 heavy (non-hydrogen) atoms. The minimum absolute atomic E-state index is 0.0154. The third-order valence-electron chi connectivity index (χ3n) is 13.9. The van der Waals surface area contributed by atoms with E-state index in [0.717, 1.165) is 38.1 Å². The van der Waals surface area contributed by atoms with Gasteiger partial charge in [-0.15, -0.1) is 11.3 Å². The summed E-state index contributed by atoms with van der Waals surface area (Å²) in [4.78, 5) is 56.8. The maximum Gasteiger partial charge on any atom is 0.301 e. The summed E-state index contributed by atoms with van der Waals surface area (Å²) in [6, 6.07) is 16.6. The summed E-state index contributed by atoms with van der Waals surface area (Å²) in [5, 5.41) is 28.6. The molecule has 6 heterocycles. The molecule has 404 valence electrons. The number of aromatic nitrogens is 3. The van der Waals surface area contributed by atoms with Crippen molar-refractivity contribution in [1.82, 2.24) is 39.7 Å². The number of thiazole rings is 1. The molecule has 0 radical (unpaired) electrons. The van der Waals surface area contributed by atoms with Crippen molar-refractivity contribution in [1.29, 1.82) is 0 Å². The van der Waals surface area contributed by atoms with Gasteiger partial charge in [0.15, 0.2) is 5.82 Å². The number of hydrogen-bond donors (Lipinski definition) is 6. The van der Waals surface area contributed by atoms with Crippen LogP contribution in [0.4, 0.5) is 18.9 Å². The molecule has 0 bridgehead atoms. The van der Waals surface area contributed by atoms with Crippen LogP contribution in [0.25, 0.3) is 32.6 Å². The zero-order valence-corrected chi connectivity index (χ0v) is 43.9. The van der Waals surface area contributed by atoms with E-state index in [1.54, 1.807) is 52.8 Å². The van der Waals surface area contributed by atoms with Gasteiger partial charge in [0.1, 0.15) is 36.2 Å². The molecule has 6 aromatic rings. The minimum Gasteiger partial charge on any atom is -0.491 e. The third-order valence-corrected chi connectivity index (χ3v) is 16.4. The van der Waals surface area contributed by atoms with Crippen molar-refractivity contribution < 1.29 is 55.7 Å². The maximum absolute atomic E-state index is 15.7. The van der Waals surface area contributed by atoms with E-state index in [9.17, 15) is 37.4 Å². The first-order valence-electron chi connectivity index (χ1n) is 24.9. The molecule has 3 aromatic heterocycles. The van der Waals surface area contributed by atoms with E-state index >= 15 is 8.78 Å². The molecule has 0 spiro atoms. The quantitative estimate of drug-likeness (QED) is 0.0407. The van der Waals surface area contributed by atoms with E-state index in [-0.39, 0.29) is 86.7 Å². The number of halogens is 3. The number of H-pyrrole nitrogens is 1. The van der Waals surface area contributed by atoms with Gasteiger partial charge in [0.25, 0.3) is 0 Å². The Bertz CT molecular complexity index is 3190. The number of benzene rings is 3. The summed E-state index contributed by atoms with van der Waals surface area (Å²) in [7, 11) is -4.38. The summed E-state index contributed by atoms with van der Waals surface area (Å²) in [6.45, 7) is 9.05. The third kappa shape index (κ3) is 12.3. The summed E-state index contributed by atoms with van der Waals surface area (Å²) in [5.74, 6) is -3.74. The number of anilines is 1. The van der Waals surface area contributed by atoms with E-state index in [0.29, 0.717) is 30.0 Å². The number of amides is 2. The van der Waals surface area contributed by atoms with Crippen LogP contribution < -0.4 is 20.1 Å². The number of ether oxygens (including phenoxy) is 2. The molecule has 9 rings (SSSR count). The minimum atomic E-state index is -4.38. The number of fused-ring (bicyclic) bond motifs is 1. The van der Waals surface area contributed by atoms with E-state index < -0.39 is 81.4 Å². The van der Waals surface area contributed by atoms with Crippen LogP contribution in [0.2, 0.25) is 0 Å². The average Bonchev–Trinajstić information content (AvgIpc) is 4.21. The van der Waals surface area contributed by atoms with Gasteiger partial charge in [0.2, 0.25) is 17.6 Å². The molecule has 3 aromatic carbocycles. The Labute approximate surface area is 441 Å². The number of aromatic amines is 1. The largest absolute Gasteiger partial charge is 0.491 e. The Morgan fingerprint density at radius 1 is 0.961 bits per heavy atom. The highest BCUT2D eigenvalue weighted by atomic mass is 32.2. The van der Waals surface area contributed by atoms with Crippen LogP contribution in [0, 0.1) is 24.0 Å². The van der Waals surface area contributed by atoms with Crippen molar-refractivity contribution >= 4 is 55.9 Å².